The Bertz CT molecular complexity index is 165. The number of carbonyl (C=O) groups is 1. The van der Waals surface area contributed by atoms with Crippen molar-refractivity contribution in [1.29, 1.82) is 0 Å². The van der Waals surface area contributed by atoms with Crippen molar-refractivity contribution in [3.05, 3.63) is 0 Å². The van der Waals surface area contributed by atoms with Crippen LogP contribution >= 0.6 is 0 Å². The lowest BCUT2D eigenvalue weighted by Crippen LogP contribution is -2.43. The number of hydrogen-bond donors (Lipinski definition) is 2. The van der Waals surface area contributed by atoms with Gasteiger partial charge in [0.05, 0.1) is 12.6 Å². The van der Waals surface area contributed by atoms with E-state index in [9.17, 15) is 4.79 Å². The van der Waals surface area contributed by atoms with Crippen molar-refractivity contribution in [2.24, 2.45) is 11.8 Å². The van der Waals surface area contributed by atoms with Gasteiger partial charge < -0.3 is 10.4 Å². The van der Waals surface area contributed by atoms with E-state index in [2.05, 4.69) is 5.32 Å². The van der Waals surface area contributed by atoms with Gasteiger partial charge in [0.15, 0.2) is 0 Å². The molecule has 3 nitrogen and oxygen atoms in total. The van der Waals surface area contributed by atoms with Crippen LogP contribution in [0.3, 0.4) is 0 Å². The van der Waals surface area contributed by atoms with Crippen LogP contribution in [0.5, 0.6) is 0 Å². The summed E-state index contributed by atoms with van der Waals surface area (Å²) in [7, 11) is 0. The van der Waals surface area contributed by atoms with Crippen LogP contribution in [-0.2, 0) is 4.79 Å². The second-order valence-corrected chi connectivity index (χ2v) is 4.06. The van der Waals surface area contributed by atoms with E-state index in [1.165, 1.54) is 0 Å². The summed E-state index contributed by atoms with van der Waals surface area (Å²) < 4.78 is 0. The summed E-state index contributed by atoms with van der Waals surface area (Å²) in [6.45, 7) is 8.03. The molecule has 1 unspecified atom stereocenters. The molecule has 0 fully saturated rings. The first kappa shape index (κ1) is 13.4. The van der Waals surface area contributed by atoms with Gasteiger partial charge in [-0.05, 0) is 18.8 Å². The standard InChI is InChI=1S/C11H23NO2/c1-5-9(6-2)11(14)12-10(7-13)8(3)4/h8-10,13H,5-7H2,1-4H3,(H,12,14). The van der Waals surface area contributed by atoms with Gasteiger partial charge in [-0.15, -0.1) is 0 Å². The molecule has 0 aliphatic heterocycles. The number of nitrogens with one attached hydrogen (secondary N) is 1. The molecule has 0 aromatic carbocycles. The molecule has 1 atom stereocenters. The third-order valence-electron chi connectivity index (χ3n) is 2.69. The summed E-state index contributed by atoms with van der Waals surface area (Å²) in [4.78, 5) is 11.7. The van der Waals surface area contributed by atoms with Crippen LogP contribution in [0.2, 0.25) is 0 Å². The van der Waals surface area contributed by atoms with Crippen LogP contribution in [-0.4, -0.2) is 23.7 Å². The number of amides is 1. The zero-order valence-electron chi connectivity index (χ0n) is 9.71. The minimum atomic E-state index is -0.108. The number of carbonyl (C=O) groups excluding carboxylic acids is 1. The summed E-state index contributed by atoms with van der Waals surface area (Å²) >= 11 is 0. The molecular weight excluding hydrogens is 178 g/mol. The van der Waals surface area contributed by atoms with E-state index in [-0.39, 0.29) is 30.4 Å². The highest BCUT2D eigenvalue weighted by atomic mass is 16.3. The summed E-state index contributed by atoms with van der Waals surface area (Å²) in [5.74, 6) is 0.434. The van der Waals surface area contributed by atoms with Crippen molar-refractivity contribution in [2.45, 2.75) is 46.6 Å². The molecule has 0 aromatic heterocycles. The van der Waals surface area contributed by atoms with Gasteiger partial charge in [0, 0.05) is 5.92 Å². The number of aliphatic hydroxyl groups excluding tert-OH is 1. The minimum absolute atomic E-state index is 0.0174. The van der Waals surface area contributed by atoms with Gasteiger partial charge in [0.2, 0.25) is 5.91 Å². The Morgan fingerprint density at radius 1 is 1.29 bits per heavy atom. The third kappa shape index (κ3) is 4.09. The maximum atomic E-state index is 11.7. The van der Waals surface area contributed by atoms with Crippen LogP contribution in [0.15, 0.2) is 0 Å². The van der Waals surface area contributed by atoms with Gasteiger partial charge in [0.25, 0.3) is 0 Å². The summed E-state index contributed by atoms with van der Waals surface area (Å²) in [6.07, 6.45) is 1.72. The molecule has 0 aliphatic carbocycles. The molecule has 1 amide bonds. The van der Waals surface area contributed by atoms with Crippen molar-refractivity contribution >= 4 is 5.91 Å². The van der Waals surface area contributed by atoms with Gasteiger partial charge >= 0.3 is 0 Å². The minimum Gasteiger partial charge on any atom is -0.394 e. The maximum Gasteiger partial charge on any atom is 0.223 e. The van der Waals surface area contributed by atoms with Crippen molar-refractivity contribution in [2.75, 3.05) is 6.61 Å². The van der Waals surface area contributed by atoms with Gasteiger partial charge in [-0.3, -0.25) is 4.79 Å². The fourth-order valence-corrected chi connectivity index (χ4v) is 1.38. The van der Waals surface area contributed by atoms with Gasteiger partial charge in [-0.2, -0.15) is 0 Å². The molecule has 0 heterocycles. The summed E-state index contributed by atoms with van der Waals surface area (Å²) in [5, 5.41) is 11.9. The molecular formula is C11H23NO2. The van der Waals surface area contributed by atoms with E-state index in [0.717, 1.165) is 12.8 Å². The zero-order valence-corrected chi connectivity index (χ0v) is 9.71. The monoisotopic (exact) mass is 201 g/mol. The SMILES string of the molecule is CCC(CC)C(=O)NC(CO)C(C)C. The van der Waals surface area contributed by atoms with Crippen LogP contribution in [0, 0.1) is 11.8 Å². The second-order valence-electron chi connectivity index (χ2n) is 4.06. The van der Waals surface area contributed by atoms with Gasteiger partial charge in [-0.25, -0.2) is 0 Å². The Balaban J connectivity index is 4.13. The molecule has 3 heteroatoms. The average molecular weight is 201 g/mol. The quantitative estimate of drug-likeness (QED) is 0.685. The molecule has 0 saturated carbocycles. The lowest BCUT2D eigenvalue weighted by molar-refractivity contribution is -0.126. The molecule has 2 N–H and O–H groups in total. The molecule has 0 bridgehead atoms. The van der Waals surface area contributed by atoms with Crippen LogP contribution < -0.4 is 5.32 Å². The second kappa shape index (κ2) is 6.82. The lowest BCUT2D eigenvalue weighted by atomic mass is 10.00. The summed E-state index contributed by atoms with van der Waals surface area (Å²) in [5.41, 5.74) is 0. The van der Waals surface area contributed by atoms with Gasteiger partial charge in [0.1, 0.15) is 0 Å². The number of aliphatic hydroxyl groups is 1. The fourth-order valence-electron chi connectivity index (χ4n) is 1.38. The van der Waals surface area contributed by atoms with Crippen LogP contribution in [0.4, 0.5) is 0 Å². The van der Waals surface area contributed by atoms with E-state index in [1.54, 1.807) is 0 Å². The highest BCUT2D eigenvalue weighted by molar-refractivity contribution is 5.78. The molecule has 14 heavy (non-hydrogen) atoms. The fraction of sp³-hybridized carbons (Fsp3) is 0.909. The summed E-state index contributed by atoms with van der Waals surface area (Å²) in [6, 6.07) is -0.108. The van der Waals surface area contributed by atoms with E-state index in [4.69, 9.17) is 5.11 Å². The molecule has 0 rings (SSSR count). The Morgan fingerprint density at radius 3 is 2.07 bits per heavy atom. The first-order valence-electron chi connectivity index (χ1n) is 5.47. The van der Waals surface area contributed by atoms with Crippen molar-refractivity contribution in [3.8, 4) is 0 Å². The van der Waals surface area contributed by atoms with Crippen LogP contribution in [0.1, 0.15) is 40.5 Å². The predicted molar refractivity (Wildman–Crippen MR) is 57.9 cm³/mol. The molecule has 0 saturated heterocycles. The topological polar surface area (TPSA) is 49.3 Å². The maximum absolute atomic E-state index is 11.7. The van der Waals surface area contributed by atoms with E-state index < -0.39 is 0 Å². The lowest BCUT2D eigenvalue weighted by Gasteiger charge is -2.22. The van der Waals surface area contributed by atoms with Crippen molar-refractivity contribution in [1.82, 2.24) is 5.32 Å². The molecule has 0 radical (unpaired) electrons. The smallest absolute Gasteiger partial charge is 0.223 e. The highest BCUT2D eigenvalue weighted by Gasteiger charge is 2.19. The van der Waals surface area contributed by atoms with Crippen molar-refractivity contribution in [3.63, 3.8) is 0 Å². The average Bonchev–Trinajstić information content (AvgIpc) is 2.15. The van der Waals surface area contributed by atoms with Crippen molar-refractivity contribution < 1.29 is 9.90 Å². The first-order chi connectivity index (χ1) is 6.56. The third-order valence-corrected chi connectivity index (χ3v) is 2.69. The van der Waals surface area contributed by atoms with Crippen LogP contribution in [0.25, 0.3) is 0 Å². The first-order valence-corrected chi connectivity index (χ1v) is 5.47. The predicted octanol–water partition coefficient (Wildman–Crippen LogP) is 1.56. The Kier molecular flexibility index (Phi) is 6.54. The Morgan fingerprint density at radius 2 is 1.79 bits per heavy atom. The highest BCUT2D eigenvalue weighted by Crippen LogP contribution is 2.09. The Hall–Kier alpha value is -0.570. The largest absolute Gasteiger partial charge is 0.394 e. The molecule has 0 spiro atoms. The molecule has 84 valence electrons. The Labute approximate surface area is 86.9 Å². The number of hydrogen-bond acceptors (Lipinski definition) is 2. The van der Waals surface area contributed by atoms with Gasteiger partial charge in [-0.1, -0.05) is 27.7 Å². The number of rotatable bonds is 6. The molecule has 0 aromatic rings. The molecule has 0 aliphatic rings. The zero-order chi connectivity index (χ0) is 11.1. The normalized spacial score (nSPS) is 13.4. The van der Waals surface area contributed by atoms with E-state index in [1.807, 2.05) is 27.7 Å². The van der Waals surface area contributed by atoms with E-state index in [0.29, 0.717) is 0 Å². The van der Waals surface area contributed by atoms with E-state index >= 15 is 0 Å².